The van der Waals surface area contributed by atoms with Crippen molar-refractivity contribution in [1.82, 2.24) is 14.9 Å². The molecule has 0 bridgehead atoms. The van der Waals surface area contributed by atoms with Gasteiger partial charge in [0.05, 0.1) is 32.8 Å². The van der Waals surface area contributed by atoms with Crippen LogP contribution in [0.5, 0.6) is 0 Å². The number of carbonyl (C=O) groups excluding carboxylic acids is 1. The number of aromatic nitrogens is 2. The molecule has 0 aliphatic carbocycles. The molecule has 3 rings (SSSR count). The van der Waals surface area contributed by atoms with Crippen molar-refractivity contribution in [3.05, 3.63) is 73.2 Å². The van der Waals surface area contributed by atoms with Crippen molar-refractivity contribution in [2.45, 2.75) is 25.9 Å². The van der Waals surface area contributed by atoms with Crippen LogP contribution in [0, 0.1) is 0 Å². The van der Waals surface area contributed by atoms with Gasteiger partial charge in [-0.25, -0.2) is 4.98 Å². The van der Waals surface area contributed by atoms with Crippen LogP contribution in [0.15, 0.2) is 52.0 Å². The maximum atomic E-state index is 12.6. The first-order valence-electron chi connectivity index (χ1n) is 8.08. The Labute approximate surface area is 174 Å². The van der Waals surface area contributed by atoms with E-state index in [1.807, 2.05) is 19.9 Å². The maximum absolute atomic E-state index is 12.6. The summed E-state index contributed by atoms with van der Waals surface area (Å²) in [6.45, 7) is 3.56. The third-order valence-electron chi connectivity index (χ3n) is 4.19. The summed E-state index contributed by atoms with van der Waals surface area (Å²) in [5, 5.41) is 4.23. The number of amides is 1. The van der Waals surface area contributed by atoms with E-state index in [0.717, 1.165) is 10.0 Å². The van der Waals surface area contributed by atoms with Gasteiger partial charge in [-0.3, -0.25) is 14.2 Å². The summed E-state index contributed by atoms with van der Waals surface area (Å²) in [4.78, 5) is 29.4. The minimum Gasteiger partial charge on any atom is -0.346 e. The zero-order chi connectivity index (χ0) is 19.8. The Bertz CT molecular complexity index is 1100. The van der Waals surface area contributed by atoms with Crippen LogP contribution in [0.4, 0.5) is 0 Å². The molecule has 2 aromatic carbocycles. The predicted molar refractivity (Wildman–Crippen MR) is 111 cm³/mol. The second-order valence-electron chi connectivity index (χ2n) is 6.64. The maximum Gasteiger partial charge on any atom is 0.261 e. The zero-order valence-corrected chi connectivity index (χ0v) is 17.7. The van der Waals surface area contributed by atoms with Crippen molar-refractivity contribution in [3.8, 4) is 0 Å². The van der Waals surface area contributed by atoms with Gasteiger partial charge in [-0.05, 0) is 49.7 Å². The summed E-state index contributed by atoms with van der Waals surface area (Å²) in [6, 6.07) is 10.5. The van der Waals surface area contributed by atoms with Crippen LogP contribution in [0.2, 0.25) is 10.0 Å². The summed E-state index contributed by atoms with van der Waals surface area (Å²) in [5.41, 5.74) is 0.417. The van der Waals surface area contributed by atoms with Crippen molar-refractivity contribution >= 4 is 55.9 Å². The number of hydrogen-bond acceptors (Lipinski definition) is 3. The average molecular weight is 469 g/mol. The standard InChI is InChI=1S/C19H16BrCl2N3O2/c1-19(2,11-3-5-14(21)15(22)7-11)24-17(26)9-25-10-23-16-6-4-12(20)8-13(16)18(25)27/h3-8,10H,9H2,1-2H3,(H,24,26). The van der Waals surface area contributed by atoms with E-state index in [9.17, 15) is 9.59 Å². The molecule has 1 aromatic heterocycles. The van der Waals surface area contributed by atoms with Crippen LogP contribution in [0.3, 0.4) is 0 Å². The predicted octanol–water partition coefficient (Wildman–Crippen LogP) is 4.52. The highest BCUT2D eigenvalue weighted by molar-refractivity contribution is 9.10. The third kappa shape index (κ3) is 4.34. The Morgan fingerprint density at radius 2 is 1.93 bits per heavy atom. The van der Waals surface area contributed by atoms with Crippen LogP contribution >= 0.6 is 39.1 Å². The summed E-state index contributed by atoms with van der Waals surface area (Å²) in [5.74, 6) is -0.315. The van der Waals surface area contributed by atoms with Gasteiger partial charge >= 0.3 is 0 Å². The monoisotopic (exact) mass is 467 g/mol. The third-order valence-corrected chi connectivity index (χ3v) is 5.43. The Balaban J connectivity index is 1.83. The Morgan fingerprint density at radius 1 is 1.19 bits per heavy atom. The Morgan fingerprint density at radius 3 is 2.63 bits per heavy atom. The number of nitrogens with zero attached hydrogens (tertiary/aromatic N) is 2. The Kier molecular flexibility index (Phi) is 5.60. The highest BCUT2D eigenvalue weighted by atomic mass is 79.9. The normalized spacial score (nSPS) is 11.6. The lowest BCUT2D eigenvalue weighted by Crippen LogP contribution is -2.43. The second-order valence-corrected chi connectivity index (χ2v) is 8.37. The molecule has 0 saturated carbocycles. The molecule has 5 nitrogen and oxygen atoms in total. The molecule has 140 valence electrons. The molecular formula is C19H16BrCl2N3O2. The summed E-state index contributed by atoms with van der Waals surface area (Å²) in [6.07, 6.45) is 1.38. The van der Waals surface area contributed by atoms with Gasteiger partial charge in [0.2, 0.25) is 5.91 Å². The molecule has 0 spiro atoms. The van der Waals surface area contributed by atoms with Crippen LogP contribution in [-0.4, -0.2) is 15.5 Å². The number of nitrogens with one attached hydrogen (secondary N) is 1. The molecule has 27 heavy (non-hydrogen) atoms. The van der Waals surface area contributed by atoms with Gasteiger partial charge in [-0.1, -0.05) is 45.2 Å². The number of carbonyl (C=O) groups is 1. The minimum atomic E-state index is -0.692. The number of hydrogen-bond donors (Lipinski definition) is 1. The van der Waals surface area contributed by atoms with Crippen LogP contribution in [0.1, 0.15) is 19.4 Å². The van der Waals surface area contributed by atoms with Crippen molar-refractivity contribution < 1.29 is 4.79 Å². The number of fused-ring (bicyclic) bond motifs is 1. The van der Waals surface area contributed by atoms with E-state index >= 15 is 0 Å². The highest BCUT2D eigenvalue weighted by Crippen LogP contribution is 2.28. The lowest BCUT2D eigenvalue weighted by molar-refractivity contribution is -0.123. The first-order chi connectivity index (χ1) is 12.7. The first kappa shape index (κ1) is 19.9. The van der Waals surface area contributed by atoms with Crippen molar-refractivity contribution in [2.24, 2.45) is 0 Å². The molecule has 0 saturated heterocycles. The molecule has 0 unspecified atom stereocenters. The van der Waals surface area contributed by atoms with E-state index in [2.05, 4.69) is 26.2 Å². The molecule has 0 fully saturated rings. The van der Waals surface area contributed by atoms with Crippen molar-refractivity contribution in [3.63, 3.8) is 0 Å². The first-order valence-corrected chi connectivity index (χ1v) is 9.63. The van der Waals surface area contributed by atoms with Gasteiger partial charge in [0, 0.05) is 4.47 Å². The van der Waals surface area contributed by atoms with Crippen molar-refractivity contribution in [2.75, 3.05) is 0 Å². The molecule has 3 aromatic rings. The number of halogens is 3. The molecule has 8 heteroatoms. The molecule has 0 atom stereocenters. The van der Waals surface area contributed by atoms with Crippen LogP contribution in [0.25, 0.3) is 10.9 Å². The van der Waals surface area contributed by atoms with E-state index in [0.29, 0.717) is 20.9 Å². The largest absolute Gasteiger partial charge is 0.346 e. The van der Waals surface area contributed by atoms with Gasteiger partial charge in [0.15, 0.2) is 0 Å². The summed E-state index contributed by atoms with van der Waals surface area (Å²) >= 11 is 15.4. The quantitative estimate of drug-likeness (QED) is 0.612. The summed E-state index contributed by atoms with van der Waals surface area (Å²) < 4.78 is 2.06. The van der Waals surface area contributed by atoms with Gasteiger partial charge < -0.3 is 5.32 Å². The molecule has 1 amide bonds. The fraction of sp³-hybridized carbons (Fsp3) is 0.211. The van der Waals surface area contributed by atoms with Gasteiger partial charge in [-0.2, -0.15) is 0 Å². The highest BCUT2D eigenvalue weighted by Gasteiger charge is 2.24. The molecule has 0 radical (unpaired) electrons. The minimum absolute atomic E-state index is 0.140. The molecule has 0 aliphatic rings. The SMILES string of the molecule is CC(C)(NC(=O)Cn1cnc2ccc(Br)cc2c1=O)c1ccc(Cl)c(Cl)c1. The lowest BCUT2D eigenvalue weighted by Gasteiger charge is -2.27. The molecular weight excluding hydrogens is 453 g/mol. The second kappa shape index (κ2) is 7.62. The van der Waals surface area contributed by atoms with Crippen LogP contribution < -0.4 is 10.9 Å². The van der Waals surface area contributed by atoms with E-state index in [1.165, 1.54) is 10.9 Å². The van der Waals surface area contributed by atoms with E-state index in [-0.39, 0.29) is 18.0 Å². The fourth-order valence-corrected chi connectivity index (χ4v) is 3.40. The van der Waals surface area contributed by atoms with E-state index < -0.39 is 5.54 Å². The van der Waals surface area contributed by atoms with E-state index in [4.69, 9.17) is 23.2 Å². The average Bonchev–Trinajstić information content (AvgIpc) is 2.59. The molecule has 0 aliphatic heterocycles. The van der Waals surface area contributed by atoms with Crippen molar-refractivity contribution in [1.29, 1.82) is 0 Å². The fourth-order valence-electron chi connectivity index (χ4n) is 2.74. The van der Waals surface area contributed by atoms with Gasteiger partial charge in [-0.15, -0.1) is 0 Å². The number of benzene rings is 2. The topological polar surface area (TPSA) is 64.0 Å². The van der Waals surface area contributed by atoms with Gasteiger partial charge in [0.25, 0.3) is 5.56 Å². The lowest BCUT2D eigenvalue weighted by atomic mass is 9.94. The van der Waals surface area contributed by atoms with Gasteiger partial charge in [0.1, 0.15) is 6.54 Å². The smallest absolute Gasteiger partial charge is 0.261 e. The van der Waals surface area contributed by atoms with E-state index in [1.54, 1.807) is 30.3 Å². The Hall–Kier alpha value is -1.89. The van der Waals surface area contributed by atoms with Crippen LogP contribution in [-0.2, 0) is 16.9 Å². The summed E-state index contributed by atoms with van der Waals surface area (Å²) in [7, 11) is 0. The molecule has 1 N–H and O–H groups in total. The number of rotatable bonds is 4. The molecule has 1 heterocycles. The zero-order valence-electron chi connectivity index (χ0n) is 14.6.